The molecule has 3 heteroatoms. The van der Waals surface area contributed by atoms with Crippen molar-refractivity contribution in [3.8, 4) is 0 Å². The molecule has 1 rings (SSSR count). The van der Waals surface area contributed by atoms with Crippen molar-refractivity contribution in [2.75, 3.05) is 26.2 Å². The Balaban J connectivity index is 2.52. The average Bonchev–Trinajstić information content (AvgIpc) is 2.44. The van der Waals surface area contributed by atoms with Crippen molar-refractivity contribution < 1.29 is 4.74 Å². The highest BCUT2D eigenvalue weighted by atomic mass is 16.5. The standard InChI is InChI=1S/C16H34N2O/c1-4-6-7-8-10-16(3,9-5-2)18-11-12-19-15(13-17)14-18/h15H,4-14,17H2,1-3H3/t15-,16?/m1/s1. The van der Waals surface area contributed by atoms with Gasteiger partial charge in [0.15, 0.2) is 0 Å². The molecule has 0 saturated carbocycles. The summed E-state index contributed by atoms with van der Waals surface area (Å²) in [5, 5.41) is 0. The predicted octanol–water partition coefficient (Wildman–Crippen LogP) is 3.18. The zero-order chi connectivity index (χ0) is 14.1. The molecular formula is C16H34N2O. The van der Waals surface area contributed by atoms with Gasteiger partial charge in [-0.2, -0.15) is 0 Å². The lowest BCUT2D eigenvalue weighted by atomic mass is 9.87. The molecule has 0 aliphatic carbocycles. The number of morpholine rings is 1. The molecule has 1 fully saturated rings. The molecule has 1 heterocycles. The fourth-order valence-electron chi connectivity index (χ4n) is 3.26. The van der Waals surface area contributed by atoms with Gasteiger partial charge in [-0.05, 0) is 19.8 Å². The predicted molar refractivity (Wildman–Crippen MR) is 82.4 cm³/mol. The SMILES string of the molecule is CCCCCCC(C)(CCC)N1CCO[C@H](CN)C1. The number of nitrogens with zero attached hydrogens (tertiary/aromatic N) is 1. The monoisotopic (exact) mass is 270 g/mol. The van der Waals surface area contributed by atoms with Gasteiger partial charge in [-0.25, -0.2) is 0 Å². The topological polar surface area (TPSA) is 38.5 Å². The molecule has 0 aromatic carbocycles. The van der Waals surface area contributed by atoms with Crippen LogP contribution in [-0.4, -0.2) is 42.8 Å². The van der Waals surface area contributed by atoms with Crippen molar-refractivity contribution in [3.63, 3.8) is 0 Å². The van der Waals surface area contributed by atoms with Crippen LogP contribution < -0.4 is 5.73 Å². The molecule has 0 radical (unpaired) electrons. The third-order valence-corrected chi connectivity index (χ3v) is 4.52. The van der Waals surface area contributed by atoms with E-state index in [9.17, 15) is 0 Å². The maximum atomic E-state index is 5.77. The Bertz CT molecular complexity index is 235. The van der Waals surface area contributed by atoms with Crippen LogP contribution in [0.5, 0.6) is 0 Å². The number of rotatable bonds is 9. The van der Waals surface area contributed by atoms with Gasteiger partial charge in [-0.15, -0.1) is 0 Å². The number of hydrogen-bond acceptors (Lipinski definition) is 3. The van der Waals surface area contributed by atoms with Gasteiger partial charge in [-0.1, -0.05) is 46.0 Å². The molecule has 2 atom stereocenters. The molecule has 19 heavy (non-hydrogen) atoms. The first-order valence-electron chi connectivity index (χ1n) is 8.23. The van der Waals surface area contributed by atoms with Crippen molar-refractivity contribution in [2.24, 2.45) is 5.73 Å². The highest BCUT2D eigenvalue weighted by Gasteiger charge is 2.33. The number of unbranched alkanes of at least 4 members (excludes halogenated alkanes) is 3. The minimum absolute atomic E-state index is 0.237. The van der Waals surface area contributed by atoms with Gasteiger partial charge < -0.3 is 10.5 Å². The molecule has 0 amide bonds. The second kappa shape index (κ2) is 8.93. The van der Waals surface area contributed by atoms with Gasteiger partial charge in [0.1, 0.15) is 0 Å². The minimum Gasteiger partial charge on any atom is -0.374 e. The summed E-state index contributed by atoms with van der Waals surface area (Å²) in [5.74, 6) is 0. The van der Waals surface area contributed by atoms with E-state index in [0.29, 0.717) is 12.1 Å². The third kappa shape index (κ3) is 5.41. The van der Waals surface area contributed by atoms with Gasteiger partial charge in [0.25, 0.3) is 0 Å². The Hall–Kier alpha value is -0.120. The van der Waals surface area contributed by atoms with E-state index in [0.717, 1.165) is 19.7 Å². The lowest BCUT2D eigenvalue weighted by Gasteiger charge is -2.46. The van der Waals surface area contributed by atoms with Crippen LogP contribution in [0.15, 0.2) is 0 Å². The van der Waals surface area contributed by atoms with E-state index in [1.807, 2.05) is 0 Å². The summed E-state index contributed by atoms with van der Waals surface area (Å²) in [6, 6.07) is 0. The molecule has 0 bridgehead atoms. The van der Waals surface area contributed by atoms with Crippen molar-refractivity contribution >= 4 is 0 Å². The van der Waals surface area contributed by atoms with Gasteiger partial charge in [0.2, 0.25) is 0 Å². The fourth-order valence-corrected chi connectivity index (χ4v) is 3.26. The zero-order valence-electron chi connectivity index (χ0n) is 13.3. The Kier molecular flexibility index (Phi) is 7.96. The maximum absolute atomic E-state index is 5.77. The first-order chi connectivity index (χ1) is 9.16. The van der Waals surface area contributed by atoms with Gasteiger partial charge in [0, 0.05) is 25.2 Å². The third-order valence-electron chi connectivity index (χ3n) is 4.52. The van der Waals surface area contributed by atoms with Gasteiger partial charge >= 0.3 is 0 Å². The summed E-state index contributed by atoms with van der Waals surface area (Å²) in [7, 11) is 0. The second-order valence-electron chi connectivity index (χ2n) is 6.23. The Morgan fingerprint density at radius 2 is 1.95 bits per heavy atom. The van der Waals surface area contributed by atoms with E-state index in [-0.39, 0.29) is 6.10 Å². The molecule has 1 unspecified atom stereocenters. The van der Waals surface area contributed by atoms with Gasteiger partial charge in [-0.3, -0.25) is 4.90 Å². The molecule has 3 nitrogen and oxygen atoms in total. The van der Waals surface area contributed by atoms with Crippen LogP contribution in [0.25, 0.3) is 0 Å². The molecule has 0 aromatic rings. The van der Waals surface area contributed by atoms with Crippen molar-refractivity contribution in [1.82, 2.24) is 4.90 Å². The van der Waals surface area contributed by atoms with Crippen molar-refractivity contribution in [3.05, 3.63) is 0 Å². The average molecular weight is 270 g/mol. The molecule has 1 aliphatic heterocycles. The van der Waals surface area contributed by atoms with E-state index in [2.05, 4.69) is 25.7 Å². The minimum atomic E-state index is 0.237. The first kappa shape index (κ1) is 16.9. The molecule has 2 N–H and O–H groups in total. The smallest absolute Gasteiger partial charge is 0.0824 e. The first-order valence-corrected chi connectivity index (χ1v) is 8.23. The Labute approximate surface area is 119 Å². The summed E-state index contributed by atoms with van der Waals surface area (Å²) in [4.78, 5) is 2.64. The van der Waals surface area contributed by atoms with Gasteiger partial charge in [0.05, 0.1) is 12.7 Å². The largest absolute Gasteiger partial charge is 0.374 e. The fraction of sp³-hybridized carbons (Fsp3) is 1.00. The molecule has 0 spiro atoms. The summed E-state index contributed by atoms with van der Waals surface area (Å²) in [5.41, 5.74) is 6.12. The van der Waals surface area contributed by atoms with Crippen LogP contribution in [0.1, 0.15) is 65.7 Å². The van der Waals surface area contributed by atoms with Crippen LogP contribution in [0.2, 0.25) is 0 Å². The Morgan fingerprint density at radius 3 is 2.58 bits per heavy atom. The molecular weight excluding hydrogens is 236 g/mol. The second-order valence-corrected chi connectivity index (χ2v) is 6.23. The van der Waals surface area contributed by atoms with Crippen molar-refractivity contribution in [2.45, 2.75) is 77.4 Å². The highest BCUT2D eigenvalue weighted by molar-refractivity contribution is 4.89. The van der Waals surface area contributed by atoms with E-state index in [1.165, 1.54) is 44.9 Å². The van der Waals surface area contributed by atoms with E-state index < -0.39 is 0 Å². The molecule has 114 valence electrons. The van der Waals surface area contributed by atoms with Crippen LogP contribution in [0.4, 0.5) is 0 Å². The van der Waals surface area contributed by atoms with E-state index in [1.54, 1.807) is 0 Å². The van der Waals surface area contributed by atoms with Crippen LogP contribution in [0.3, 0.4) is 0 Å². The quantitative estimate of drug-likeness (QED) is 0.654. The van der Waals surface area contributed by atoms with E-state index >= 15 is 0 Å². The summed E-state index contributed by atoms with van der Waals surface area (Å²) in [6.45, 7) is 10.6. The lowest BCUT2D eigenvalue weighted by Crippen LogP contribution is -2.55. The molecule has 1 saturated heterocycles. The summed E-state index contributed by atoms with van der Waals surface area (Å²) >= 11 is 0. The Morgan fingerprint density at radius 1 is 1.16 bits per heavy atom. The zero-order valence-corrected chi connectivity index (χ0v) is 13.3. The van der Waals surface area contributed by atoms with Crippen LogP contribution in [-0.2, 0) is 4.74 Å². The van der Waals surface area contributed by atoms with E-state index in [4.69, 9.17) is 10.5 Å². The maximum Gasteiger partial charge on any atom is 0.0824 e. The highest BCUT2D eigenvalue weighted by Crippen LogP contribution is 2.29. The normalized spacial score (nSPS) is 24.3. The lowest BCUT2D eigenvalue weighted by molar-refractivity contribution is -0.0668. The molecule has 0 aromatic heterocycles. The van der Waals surface area contributed by atoms with Crippen LogP contribution in [0, 0.1) is 0 Å². The summed E-state index contributed by atoms with van der Waals surface area (Å²) < 4.78 is 5.71. The van der Waals surface area contributed by atoms with Crippen molar-refractivity contribution in [1.29, 1.82) is 0 Å². The summed E-state index contributed by atoms with van der Waals surface area (Å²) in [6.07, 6.45) is 9.52. The number of hydrogen-bond donors (Lipinski definition) is 1. The van der Waals surface area contributed by atoms with Crippen LogP contribution >= 0.6 is 0 Å². The number of ether oxygens (including phenoxy) is 1. The molecule has 1 aliphatic rings. The number of nitrogens with two attached hydrogens (primary N) is 1.